The summed E-state index contributed by atoms with van der Waals surface area (Å²) in [5.41, 5.74) is 7.20. The van der Waals surface area contributed by atoms with Gasteiger partial charge in [-0.3, -0.25) is 0 Å². The largest absolute Gasteiger partial charge is 0.464 e. The van der Waals surface area contributed by atoms with Gasteiger partial charge in [0.15, 0.2) is 18.4 Å². The molecule has 0 spiro atoms. The molecular formula is C11H14FNO2. The quantitative estimate of drug-likeness (QED) is 0.810. The molecule has 4 heteroatoms. The van der Waals surface area contributed by atoms with Crippen molar-refractivity contribution in [3.05, 3.63) is 29.1 Å². The molecule has 1 atom stereocenters. The Morgan fingerprint density at radius 3 is 3.07 bits per heavy atom. The lowest BCUT2D eigenvalue weighted by atomic mass is 9.98. The van der Waals surface area contributed by atoms with E-state index in [1.807, 2.05) is 13.0 Å². The van der Waals surface area contributed by atoms with Crippen molar-refractivity contribution in [1.29, 1.82) is 0 Å². The van der Waals surface area contributed by atoms with Gasteiger partial charge in [0.2, 0.25) is 0 Å². The molecular weight excluding hydrogens is 197 g/mol. The molecule has 0 aliphatic carbocycles. The van der Waals surface area contributed by atoms with Crippen molar-refractivity contribution in [2.45, 2.75) is 19.4 Å². The molecule has 0 saturated carbocycles. The molecule has 0 saturated heterocycles. The summed E-state index contributed by atoms with van der Waals surface area (Å²) < 4.78 is 23.8. The lowest BCUT2D eigenvalue weighted by Crippen LogP contribution is -2.15. The van der Waals surface area contributed by atoms with Crippen LogP contribution in [-0.2, 0) is 11.3 Å². The average molecular weight is 211 g/mol. The van der Waals surface area contributed by atoms with E-state index in [-0.39, 0.29) is 18.5 Å². The van der Waals surface area contributed by atoms with E-state index in [4.69, 9.17) is 15.2 Å². The third-order valence-corrected chi connectivity index (χ3v) is 2.61. The number of nitrogens with two attached hydrogens (primary N) is 1. The first kappa shape index (κ1) is 10.4. The van der Waals surface area contributed by atoms with Gasteiger partial charge in [-0.15, -0.1) is 0 Å². The lowest BCUT2D eigenvalue weighted by Gasteiger charge is -2.20. The van der Waals surface area contributed by atoms with E-state index >= 15 is 0 Å². The fourth-order valence-electron chi connectivity index (χ4n) is 1.62. The van der Waals surface area contributed by atoms with E-state index in [0.717, 1.165) is 11.1 Å². The lowest BCUT2D eigenvalue weighted by molar-refractivity contribution is -0.0191. The molecule has 0 amide bonds. The van der Waals surface area contributed by atoms with Crippen LogP contribution in [0.15, 0.2) is 12.1 Å². The highest BCUT2D eigenvalue weighted by atomic mass is 19.1. The second-order valence-electron chi connectivity index (χ2n) is 3.74. The van der Waals surface area contributed by atoms with Crippen molar-refractivity contribution in [3.8, 4) is 5.75 Å². The smallest absolute Gasteiger partial charge is 0.189 e. The summed E-state index contributed by atoms with van der Waals surface area (Å²) in [7, 11) is 0. The average Bonchev–Trinajstić information content (AvgIpc) is 2.28. The van der Waals surface area contributed by atoms with Gasteiger partial charge in [0.05, 0.1) is 6.61 Å². The first-order valence-electron chi connectivity index (χ1n) is 4.95. The fourth-order valence-corrected chi connectivity index (χ4v) is 1.62. The highest BCUT2D eigenvalue weighted by Gasteiger charge is 2.18. The standard InChI is InChI=1S/C11H14FNO2/c1-7(4-13)8-2-9-5-14-6-15-11(9)10(12)3-8/h2-3,7H,4-6,13H2,1H3. The summed E-state index contributed by atoms with van der Waals surface area (Å²) in [4.78, 5) is 0. The maximum absolute atomic E-state index is 13.6. The number of ether oxygens (including phenoxy) is 2. The van der Waals surface area contributed by atoms with Crippen LogP contribution >= 0.6 is 0 Å². The molecule has 3 nitrogen and oxygen atoms in total. The van der Waals surface area contributed by atoms with Crippen molar-refractivity contribution in [2.75, 3.05) is 13.3 Å². The van der Waals surface area contributed by atoms with E-state index < -0.39 is 0 Å². The highest BCUT2D eigenvalue weighted by molar-refractivity contribution is 5.40. The summed E-state index contributed by atoms with van der Waals surface area (Å²) in [5.74, 6) is 0.132. The molecule has 1 heterocycles. The first-order valence-corrected chi connectivity index (χ1v) is 4.95. The van der Waals surface area contributed by atoms with Crippen LogP contribution in [0.3, 0.4) is 0 Å². The summed E-state index contributed by atoms with van der Waals surface area (Å²) in [5, 5.41) is 0. The zero-order valence-electron chi connectivity index (χ0n) is 8.63. The SMILES string of the molecule is CC(CN)c1cc(F)c2c(c1)COCO2. The summed E-state index contributed by atoms with van der Waals surface area (Å²) in [6.07, 6.45) is 0. The third-order valence-electron chi connectivity index (χ3n) is 2.61. The number of benzene rings is 1. The molecule has 1 aliphatic rings. The van der Waals surface area contributed by atoms with E-state index in [9.17, 15) is 4.39 Å². The van der Waals surface area contributed by atoms with E-state index in [1.54, 1.807) is 0 Å². The molecule has 0 bridgehead atoms. The van der Waals surface area contributed by atoms with Gasteiger partial charge in [-0.25, -0.2) is 4.39 Å². The molecule has 2 rings (SSSR count). The maximum Gasteiger partial charge on any atom is 0.189 e. The Balaban J connectivity index is 2.40. The van der Waals surface area contributed by atoms with Gasteiger partial charge < -0.3 is 15.2 Å². The van der Waals surface area contributed by atoms with Crippen LogP contribution in [0, 0.1) is 5.82 Å². The van der Waals surface area contributed by atoms with Crippen LogP contribution in [0.2, 0.25) is 0 Å². The molecule has 0 fully saturated rings. The third kappa shape index (κ3) is 1.96. The molecule has 15 heavy (non-hydrogen) atoms. The predicted octanol–water partition coefficient (Wildman–Crippen LogP) is 1.75. The highest BCUT2D eigenvalue weighted by Crippen LogP contribution is 2.30. The minimum atomic E-state index is -0.328. The normalized spacial score (nSPS) is 16.7. The summed E-state index contributed by atoms with van der Waals surface area (Å²) in [6, 6.07) is 3.39. The monoisotopic (exact) mass is 211 g/mol. The summed E-state index contributed by atoms with van der Waals surface area (Å²) in [6.45, 7) is 2.98. The van der Waals surface area contributed by atoms with Crippen LogP contribution in [0.25, 0.3) is 0 Å². The van der Waals surface area contributed by atoms with Crippen molar-refractivity contribution < 1.29 is 13.9 Å². The van der Waals surface area contributed by atoms with Gasteiger partial charge in [0.1, 0.15) is 0 Å². The van der Waals surface area contributed by atoms with Crippen LogP contribution in [0.5, 0.6) is 5.75 Å². The number of rotatable bonds is 2. The van der Waals surface area contributed by atoms with Crippen LogP contribution < -0.4 is 10.5 Å². The Hall–Kier alpha value is -1.13. The number of fused-ring (bicyclic) bond motifs is 1. The van der Waals surface area contributed by atoms with E-state index in [1.165, 1.54) is 6.07 Å². The van der Waals surface area contributed by atoms with E-state index in [2.05, 4.69) is 0 Å². The van der Waals surface area contributed by atoms with Gasteiger partial charge in [-0.05, 0) is 30.2 Å². The molecule has 1 aromatic carbocycles. The Morgan fingerprint density at radius 2 is 2.33 bits per heavy atom. The molecule has 82 valence electrons. The van der Waals surface area contributed by atoms with Crippen molar-refractivity contribution >= 4 is 0 Å². The predicted molar refractivity (Wildman–Crippen MR) is 54.2 cm³/mol. The second-order valence-corrected chi connectivity index (χ2v) is 3.74. The number of halogens is 1. The second kappa shape index (κ2) is 4.16. The molecule has 1 unspecified atom stereocenters. The summed E-state index contributed by atoms with van der Waals surface area (Å²) >= 11 is 0. The minimum Gasteiger partial charge on any atom is -0.464 e. The number of hydrogen-bond donors (Lipinski definition) is 1. The van der Waals surface area contributed by atoms with Gasteiger partial charge in [-0.1, -0.05) is 6.92 Å². The van der Waals surface area contributed by atoms with Gasteiger partial charge >= 0.3 is 0 Å². The van der Waals surface area contributed by atoms with Crippen molar-refractivity contribution in [1.82, 2.24) is 0 Å². The first-order chi connectivity index (χ1) is 7.22. The topological polar surface area (TPSA) is 44.5 Å². The van der Waals surface area contributed by atoms with Crippen LogP contribution in [0.1, 0.15) is 24.0 Å². The number of hydrogen-bond acceptors (Lipinski definition) is 3. The van der Waals surface area contributed by atoms with Gasteiger partial charge in [0.25, 0.3) is 0 Å². The molecule has 1 aromatic rings. The van der Waals surface area contributed by atoms with Crippen LogP contribution in [0.4, 0.5) is 4.39 Å². The zero-order valence-corrected chi connectivity index (χ0v) is 8.63. The van der Waals surface area contributed by atoms with Gasteiger partial charge in [0, 0.05) is 5.56 Å². The Bertz CT molecular complexity index is 368. The molecule has 2 N–H and O–H groups in total. The Kier molecular flexibility index (Phi) is 2.88. The molecule has 1 aliphatic heterocycles. The molecule has 0 radical (unpaired) electrons. The fraction of sp³-hybridized carbons (Fsp3) is 0.455. The molecule has 0 aromatic heterocycles. The zero-order chi connectivity index (χ0) is 10.8. The maximum atomic E-state index is 13.6. The van der Waals surface area contributed by atoms with E-state index in [0.29, 0.717) is 18.9 Å². The van der Waals surface area contributed by atoms with Crippen molar-refractivity contribution in [2.24, 2.45) is 5.73 Å². The Morgan fingerprint density at radius 1 is 1.53 bits per heavy atom. The van der Waals surface area contributed by atoms with Crippen LogP contribution in [-0.4, -0.2) is 13.3 Å². The Labute approximate surface area is 88.0 Å². The van der Waals surface area contributed by atoms with Crippen molar-refractivity contribution in [3.63, 3.8) is 0 Å². The minimum absolute atomic E-state index is 0.121. The van der Waals surface area contributed by atoms with Gasteiger partial charge in [-0.2, -0.15) is 0 Å².